The molecule has 0 spiro atoms. The number of likely N-dealkylation sites (N-methyl/N-ethyl adjacent to an activating group) is 1. The summed E-state index contributed by atoms with van der Waals surface area (Å²) in [4.78, 5) is 30.7. The van der Waals surface area contributed by atoms with Crippen LogP contribution in [0, 0.1) is 6.92 Å². The van der Waals surface area contributed by atoms with E-state index in [9.17, 15) is 9.59 Å². The largest absolute Gasteiger partial charge is 0.519 e. The van der Waals surface area contributed by atoms with Crippen molar-refractivity contribution in [1.82, 2.24) is 16.0 Å². The van der Waals surface area contributed by atoms with Gasteiger partial charge in [-0.2, -0.15) is 0 Å². The molecule has 3 N–H and O–H groups in total. The molecule has 0 fully saturated rings. The third-order valence-corrected chi connectivity index (χ3v) is 1.91. The van der Waals surface area contributed by atoms with Crippen LogP contribution in [0.2, 0.25) is 0 Å². The first-order valence-electron chi connectivity index (χ1n) is 5.70. The molecular formula is C11H19N3O5. The molecule has 0 saturated carbocycles. The summed E-state index contributed by atoms with van der Waals surface area (Å²) in [6, 6.07) is -0.321. The molecule has 0 unspecified atom stereocenters. The number of carbonyl (C=O) groups excluding carboxylic acids is 2. The molecule has 0 radical (unpaired) electrons. The summed E-state index contributed by atoms with van der Waals surface area (Å²) < 4.78 is 9.35. The molecule has 0 aliphatic rings. The van der Waals surface area contributed by atoms with Crippen molar-refractivity contribution < 1.29 is 18.4 Å². The minimum atomic E-state index is -0.759. The minimum Gasteiger partial charge on any atom is -0.396 e. The van der Waals surface area contributed by atoms with Crippen molar-refractivity contribution in [2.24, 2.45) is 0 Å². The number of carbonyl (C=O) groups is 2. The Hall–Kier alpha value is -2.09. The Morgan fingerprint density at radius 2 is 1.89 bits per heavy atom. The monoisotopic (exact) mass is 273 g/mol. The van der Waals surface area contributed by atoms with Gasteiger partial charge in [-0.1, -0.05) is 0 Å². The zero-order valence-electron chi connectivity index (χ0n) is 11.2. The van der Waals surface area contributed by atoms with E-state index in [1.807, 2.05) is 0 Å². The minimum absolute atomic E-state index is 0.128. The number of urea groups is 1. The third-order valence-electron chi connectivity index (χ3n) is 1.91. The van der Waals surface area contributed by atoms with Crippen LogP contribution in [-0.4, -0.2) is 32.5 Å². The van der Waals surface area contributed by atoms with Gasteiger partial charge in [0.1, 0.15) is 12.0 Å². The lowest BCUT2D eigenvalue weighted by Crippen LogP contribution is -2.38. The molecule has 0 saturated heterocycles. The van der Waals surface area contributed by atoms with E-state index >= 15 is 0 Å². The molecule has 2 amide bonds. The van der Waals surface area contributed by atoms with Gasteiger partial charge in [-0.05, 0) is 20.9 Å². The van der Waals surface area contributed by atoms with Crippen molar-refractivity contribution in [3.63, 3.8) is 0 Å². The van der Waals surface area contributed by atoms with Gasteiger partial charge >= 0.3 is 11.9 Å². The van der Waals surface area contributed by atoms with E-state index in [4.69, 9.17) is 9.21 Å². The van der Waals surface area contributed by atoms with E-state index in [0.29, 0.717) is 24.6 Å². The molecule has 0 bridgehead atoms. The van der Waals surface area contributed by atoms with Crippen LogP contribution in [0.25, 0.3) is 0 Å². The lowest BCUT2D eigenvalue weighted by atomic mass is 10.4. The second-order valence-corrected chi connectivity index (χ2v) is 3.38. The molecule has 0 aliphatic carbocycles. The van der Waals surface area contributed by atoms with Crippen LogP contribution in [0.3, 0.4) is 0 Å². The molecule has 1 aromatic rings. The number of hydrogen-bond donors (Lipinski definition) is 3. The average molecular weight is 273 g/mol. The lowest BCUT2D eigenvalue weighted by molar-refractivity contribution is -0.106. The first-order chi connectivity index (χ1) is 9.04. The fraction of sp³-hybridized carbons (Fsp3) is 0.545. The molecule has 1 rings (SSSR count). The van der Waals surface area contributed by atoms with Crippen molar-refractivity contribution in [2.75, 3.05) is 20.1 Å². The second-order valence-electron chi connectivity index (χ2n) is 3.38. The fourth-order valence-corrected chi connectivity index (χ4v) is 1.06. The molecule has 108 valence electrons. The van der Waals surface area contributed by atoms with Crippen molar-refractivity contribution in [3.05, 3.63) is 22.1 Å². The molecule has 19 heavy (non-hydrogen) atoms. The van der Waals surface area contributed by atoms with E-state index in [1.54, 1.807) is 14.0 Å². The van der Waals surface area contributed by atoms with Crippen molar-refractivity contribution >= 4 is 12.3 Å². The highest BCUT2D eigenvalue weighted by molar-refractivity contribution is 5.73. The van der Waals surface area contributed by atoms with Gasteiger partial charge in [0.05, 0.1) is 6.54 Å². The smallest absolute Gasteiger partial charge is 0.396 e. The summed E-state index contributed by atoms with van der Waals surface area (Å²) in [5.41, 5.74) is 0. The molecular weight excluding hydrogens is 254 g/mol. The first-order valence-corrected chi connectivity index (χ1v) is 5.70. The molecule has 1 aromatic heterocycles. The van der Waals surface area contributed by atoms with Crippen LogP contribution in [0.1, 0.15) is 18.4 Å². The lowest BCUT2D eigenvalue weighted by Gasteiger charge is -2.05. The van der Waals surface area contributed by atoms with E-state index in [-0.39, 0.29) is 12.6 Å². The zero-order chi connectivity index (χ0) is 14.7. The van der Waals surface area contributed by atoms with Gasteiger partial charge in [-0.3, -0.25) is 0 Å². The van der Waals surface area contributed by atoms with Gasteiger partial charge in [-0.15, -0.1) is 0 Å². The zero-order valence-corrected chi connectivity index (χ0v) is 11.2. The van der Waals surface area contributed by atoms with Gasteiger partial charge in [0.2, 0.25) is 0 Å². The van der Waals surface area contributed by atoms with E-state index < -0.39 is 5.82 Å². The highest BCUT2D eigenvalue weighted by Gasteiger charge is 2.09. The maximum Gasteiger partial charge on any atom is 0.519 e. The average Bonchev–Trinajstić information content (AvgIpc) is 2.67. The molecule has 8 heteroatoms. The Kier molecular flexibility index (Phi) is 8.80. The van der Waals surface area contributed by atoms with Gasteiger partial charge < -0.3 is 29.6 Å². The van der Waals surface area contributed by atoms with Gasteiger partial charge in [0.25, 0.3) is 0 Å². The SMILES string of the molecule is CC=O.CNCCNC(=O)NCc1oc(=O)oc1C. The van der Waals surface area contributed by atoms with Crippen LogP contribution in [0.4, 0.5) is 4.79 Å². The van der Waals surface area contributed by atoms with E-state index in [2.05, 4.69) is 20.4 Å². The summed E-state index contributed by atoms with van der Waals surface area (Å²) in [6.07, 6.45) is 0.750. The Balaban J connectivity index is 0.000000982. The Bertz CT molecular complexity index is 438. The van der Waals surface area contributed by atoms with Gasteiger partial charge in [0.15, 0.2) is 5.76 Å². The molecule has 0 aliphatic heterocycles. The highest BCUT2D eigenvalue weighted by atomic mass is 16.6. The summed E-state index contributed by atoms with van der Waals surface area (Å²) in [7, 11) is 1.79. The number of aryl methyl sites for hydroxylation is 1. The van der Waals surface area contributed by atoms with E-state index in [1.165, 1.54) is 6.92 Å². The number of rotatable bonds is 5. The van der Waals surface area contributed by atoms with Crippen LogP contribution >= 0.6 is 0 Å². The topological polar surface area (TPSA) is 114 Å². The maximum absolute atomic E-state index is 11.2. The normalized spacial score (nSPS) is 9.21. The Morgan fingerprint density at radius 1 is 1.26 bits per heavy atom. The quantitative estimate of drug-likeness (QED) is 0.504. The molecule has 8 nitrogen and oxygen atoms in total. The van der Waals surface area contributed by atoms with Crippen molar-refractivity contribution in [1.29, 1.82) is 0 Å². The predicted molar refractivity (Wildman–Crippen MR) is 67.9 cm³/mol. The first kappa shape index (κ1) is 16.9. The summed E-state index contributed by atoms with van der Waals surface area (Å²) in [5.74, 6) is -0.0563. The molecule has 1 heterocycles. The Labute approximate surface area is 110 Å². The maximum atomic E-state index is 11.2. The van der Waals surface area contributed by atoms with Crippen LogP contribution < -0.4 is 21.8 Å². The number of nitrogens with one attached hydrogen (secondary N) is 3. The fourth-order valence-electron chi connectivity index (χ4n) is 1.06. The van der Waals surface area contributed by atoms with Crippen LogP contribution in [0.15, 0.2) is 13.6 Å². The van der Waals surface area contributed by atoms with Gasteiger partial charge in [0, 0.05) is 13.1 Å². The highest BCUT2D eigenvalue weighted by Crippen LogP contribution is 2.03. The van der Waals surface area contributed by atoms with Gasteiger partial charge in [-0.25, -0.2) is 9.59 Å². The molecule has 0 atom stereocenters. The van der Waals surface area contributed by atoms with Crippen molar-refractivity contribution in [2.45, 2.75) is 20.4 Å². The summed E-state index contributed by atoms with van der Waals surface area (Å²) in [5, 5.41) is 8.05. The summed E-state index contributed by atoms with van der Waals surface area (Å²) >= 11 is 0. The van der Waals surface area contributed by atoms with E-state index in [0.717, 1.165) is 6.29 Å². The Morgan fingerprint density at radius 3 is 2.37 bits per heavy atom. The van der Waals surface area contributed by atoms with Crippen LogP contribution in [-0.2, 0) is 11.3 Å². The van der Waals surface area contributed by atoms with Crippen LogP contribution in [0.5, 0.6) is 0 Å². The number of hydrogen-bond acceptors (Lipinski definition) is 6. The number of aldehydes is 1. The van der Waals surface area contributed by atoms with Crippen molar-refractivity contribution in [3.8, 4) is 0 Å². The predicted octanol–water partition coefficient (Wildman–Crippen LogP) is -0.235. The second kappa shape index (κ2) is 9.89. The molecule has 0 aromatic carbocycles. The number of amides is 2. The standard InChI is InChI=1S/C9H15N3O4.C2H4O/c1-6-7(16-9(14)15-6)5-12-8(13)11-4-3-10-2;1-2-3/h10H,3-5H2,1-2H3,(H2,11,12,13);2H,1H3. The third kappa shape index (κ3) is 7.77. The summed E-state index contributed by atoms with van der Waals surface area (Å²) in [6.45, 7) is 4.38.